The molecule has 1 aromatic rings. The van der Waals surface area contributed by atoms with Gasteiger partial charge in [0.05, 0.1) is 5.69 Å². The average Bonchev–Trinajstić information content (AvgIpc) is 2.84. The highest BCUT2D eigenvalue weighted by Gasteiger charge is 2.12. The molecule has 1 unspecified atom stereocenters. The van der Waals surface area contributed by atoms with Gasteiger partial charge in [-0.05, 0) is 45.8 Å². The molecule has 4 nitrogen and oxygen atoms in total. The van der Waals surface area contributed by atoms with Gasteiger partial charge in [-0.25, -0.2) is 0 Å². The lowest BCUT2D eigenvalue weighted by molar-refractivity contribution is 0.490. The van der Waals surface area contributed by atoms with Crippen molar-refractivity contribution in [2.45, 2.75) is 39.3 Å². The Morgan fingerprint density at radius 2 is 2.44 bits per heavy atom. The minimum atomic E-state index is 0.681. The van der Waals surface area contributed by atoms with Gasteiger partial charge in [-0.2, -0.15) is 5.10 Å². The molecule has 1 fully saturated rings. The van der Waals surface area contributed by atoms with Crippen LogP contribution in [0.15, 0.2) is 6.07 Å². The van der Waals surface area contributed by atoms with Crippen LogP contribution in [0, 0.1) is 13.8 Å². The molecule has 2 heterocycles. The molecule has 2 rings (SSSR count). The fourth-order valence-electron chi connectivity index (χ4n) is 2.27. The topological polar surface area (TPSA) is 41.9 Å². The number of nitrogens with one attached hydrogen (secondary N) is 2. The molecule has 2 N–H and O–H groups in total. The van der Waals surface area contributed by atoms with Crippen molar-refractivity contribution >= 4 is 0 Å². The Morgan fingerprint density at radius 3 is 3.06 bits per heavy atom. The van der Waals surface area contributed by atoms with Crippen molar-refractivity contribution in [2.75, 3.05) is 19.6 Å². The number of nitrogens with zero attached hydrogens (tertiary/aromatic N) is 2. The third-order valence-corrected chi connectivity index (χ3v) is 3.14. The predicted molar refractivity (Wildman–Crippen MR) is 65.6 cm³/mol. The zero-order valence-corrected chi connectivity index (χ0v) is 10.3. The van der Waals surface area contributed by atoms with Crippen LogP contribution >= 0.6 is 0 Å². The Morgan fingerprint density at radius 1 is 1.56 bits per heavy atom. The number of hydrogen-bond acceptors (Lipinski definition) is 3. The van der Waals surface area contributed by atoms with E-state index in [1.54, 1.807) is 0 Å². The maximum absolute atomic E-state index is 4.46. The van der Waals surface area contributed by atoms with E-state index in [0.29, 0.717) is 6.04 Å². The van der Waals surface area contributed by atoms with Crippen LogP contribution in [0.3, 0.4) is 0 Å². The SMILES string of the molecule is Cc1cc(C)n(CCCNC2CCNC2)n1. The number of hydrogen-bond donors (Lipinski definition) is 2. The second-order valence-electron chi connectivity index (χ2n) is 4.65. The van der Waals surface area contributed by atoms with Crippen molar-refractivity contribution in [3.05, 3.63) is 17.5 Å². The van der Waals surface area contributed by atoms with Crippen LogP contribution in [0.25, 0.3) is 0 Å². The zero-order valence-electron chi connectivity index (χ0n) is 10.3. The fourth-order valence-corrected chi connectivity index (χ4v) is 2.27. The molecule has 0 spiro atoms. The van der Waals surface area contributed by atoms with Gasteiger partial charge < -0.3 is 10.6 Å². The molecule has 4 heteroatoms. The van der Waals surface area contributed by atoms with Gasteiger partial charge in [0.2, 0.25) is 0 Å². The summed E-state index contributed by atoms with van der Waals surface area (Å²) in [4.78, 5) is 0. The van der Waals surface area contributed by atoms with Gasteiger partial charge >= 0.3 is 0 Å². The molecule has 0 amide bonds. The lowest BCUT2D eigenvalue weighted by Crippen LogP contribution is -2.32. The summed E-state index contributed by atoms with van der Waals surface area (Å²) in [5, 5.41) is 11.4. The molecule has 1 saturated heterocycles. The maximum atomic E-state index is 4.46. The molecular weight excluding hydrogens is 200 g/mol. The van der Waals surface area contributed by atoms with Gasteiger partial charge in [0.15, 0.2) is 0 Å². The Hall–Kier alpha value is -0.870. The highest BCUT2D eigenvalue weighted by molar-refractivity contribution is 5.06. The van der Waals surface area contributed by atoms with Crippen LogP contribution in [-0.4, -0.2) is 35.5 Å². The van der Waals surface area contributed by atoms with E-state index in [0.717, 1.165) is 38.3 Å². The lowest BCUT2D eigenvalue weighted by Gasteiger charge is -2.11. The summed E-state index contributed by atoms with van der Waals surface area (Å²) < 4.78 is 2.10. The van der Waals surface area contributed by atoms with E-state index in [1.807, 2.05) is 6.92 Å². The highest BCUT2D eigenvalue weighted by Crippen LogP contribution is 2.02. The molecule has 0 aromatic carbocycles. The molecule has 16 heavy (non-hydrogen) atoms. The fraction of sp³-hybridized carbons (Fsp3) is 0.750. The molecule has 0 aliphatic carbocycles. The van der Waals surface area contributed by atoms with Crippen LogP contribution < -0.4 is 10.6 Å². The number of aromatic nitrogens is 2. The second-order valence-corrected chi connectivity index (χ2v) is 4.65. The molecule has 0 bridgehead atoms. The first-order chi connectivity index (χ1) is 7.75. The van der Waals surface area contributed by atoms with Crippen molar-refractivity contribution in [1.29, 1.82) is 0 Å². The first-order valence-electron chi connectivity index (χ1n) is 6.21. The molecule has 1 aliphatic heterocycles. The molecule has 1 aromatic heterocycles. The van der Waals surface area contributed by atoms with E-state index >= 15 is 0 Å². The lowest BCUT2D eigenvalue weighted by atomic mass is 10.2. The van der Waals surface area contributed by atoms with E-state index < -0.39 is 0 Å². The summed E-state index contributed by atoms with van der Waals surface area (Å²) in [6.07, 6.45) is 2.42. The van der Waals surface area contributed by atoms with E-state index in [2.05, 4.69) is 33.4 Å². The summed E-state index contributed by atoms with van der Waals surface area (Å²) in [5.41, 5.74) is 2.38. The minimum absolute atomic E-state index is 0.681. The molecule has 1 aliphatic rings. The van der Waals surface area contributed by atoms with Gasteiger partial charge in [-0.1, -0.05) is 0 Å². The van der Waals surface area contributed by atoms with Gasteiger partial charge in [0.1, 0.15) is 0 Å². The first-order valence-corrected chi connectivity index (χ1v) is 6.21. The Labute approximate surface area is 97.4 Å². The smallest absolute Gasteiger partial charge is 0.0596 e. The monoisotopic (exact) mass is 222 g/mol. The van der Waals surface area contributed by atoms with Crippen LogP contribution in [0.4, 0.5) is 0 Å². The molecule has 1 atom stereocenters. The van der Waals surface area contributed by atoms with E-state index in [1.165, 1.54) is 12.1 Å². The Kier molecular flexibility index (Phi) is 3.96. The van der Waals surface area contributed by atoms with Gasteiger partial charge in [-0.15, -0.1) is 0 Å². The Bertz CT molecular complexity index is 326. The van der Waals surface area contributed by atoms with Crippen LogP contribution in [0.1, 0.15) is 24.2 Å². The first kappa shape index (κ1) is 11.6. The van der Waals surface area contributed by atoms with Crippen molar-refractivity contribution in [2.24, 2.45) is 0 Å². The summed E-state index contributed by atoms with van der Waals surface area (Å²) in [6.45, 7) is 8.56. The quantitative estimate of drug-likeness (QED) is 0.726. The van der Waals surface area contributed by atoms with Crippen LogP contribution in [0.5, 0.6) is 0 Å². The van der Waals surface area contributed by atoms with Gasteiger partial charge in [-0.3, -0.25) is 4.68 Å². The highest BCUT2D eigenvalue weighted by atomic mass is 15.3. The molecule has 0 saturated carbocycles. The summed E-state index contributed by atoms with van der Waals surface area (Å²) in [7, 11) is 0. The van der Waals surface area contributed by atoms with Crippen LogP contribution in [0.2, 0.25) is 0 Å². The predicted octanol–water partition coefficient (Wildman–Crippen LogP) is 0.842. The minimum Gasteiger partial charge on any atom is -0.315 e. The number of rotatable bonds is 5. The third-order valence-electron chi connectivity index (χ3n) is 3.14. The molecular formula is C12H22N4. The summed E-state index contributed by atoms with van der Waals surface area (Å²) in [5.74, 6) is 0. The summed E-state index contributed by atoms with van der Waals surface area (Å²) in [6, 6.07) is 2.81. The number of aryl methyl sites for hydroxylation is 3. The van der Waals surface area contributed by atoms with Gasteiger partial charge in [0.25, 0.3) is 0 Å². The molecule has 90 valence electrons. The normalized spacial score (nSPS) is 20.5. The van der Waals surface area contributed by atoms with E-state index in [9.17, 15) is 0 Å². The maximum Gasteiger partial charge on any atom is 0.0596 e. The van der Waals surface area contributed by atoms with E-state index in [4.69, 9.17) is 0 Å². The molecule has 0 radical (unpaired) electrons. The standard InChI is InChI=1S/C12H22N4/c1-10-8-11(2)16(15-10)7-3-5-14-12-4-6-13-9-12/h8,12-14H,3-7,9H2,1-2H3. The van der Waals surface area contributed by atoms with Crippen LogP contribution in [-0.2, 0) is 6.54 Å². The van der Waals surface area contributed by atoms with Crippen molar-refractivity contribution in [1.82, 2.24) is 20.4 Å². The van der Waals surface area contributed by atoms with E-state index in [-0.39, 0.29) is 0 Å². The second kappa shape index (κ2) is 5.46. The largest absolute Gasteiger partial charge is 0.315 e. The van der Waals surface area contributed by atoms with Crippen molar-refractivity contribution in [3.63, 3.8) is 0 Å². The van der Waals surface area contributed by atoms with Crippen molar-refractivity contribution < 1.29 is 0 Å². The van der Waals surface area contributed by atoms with Crippen molar-refractivity contribution in [3.8, 4) is 0 Å². The summed E-state index contributed by atoms with van der Waals surface area (Å²) >= 11 is 0. The Balaban J connectivity index is 1.65. The average molecular weight is 222 g/mol. The third kappa shape index (κ3) is 3.06. The zero-order chi connectivity index (χ0) is 11.4. The van der Waals surface area contributed by atoms with Gasteiger partial charge in [0, 0.05) is 24.8 Å².